The molecule has 148 valence electrons. The predicted molar refractivity (Wildman–Crippen MR) is 104 cm³/mol. The Hall–Kier alpha value is -3.13. The van der Waals surface area contributed by atoms with Crippen LogP contribution in [0.15, 0.2) is 42.5 Å². The number of carbonyl (C=O) groups is 1. The second-order valence-corrected chi connectivity index (χ2v) is 6.56. The van der Waals surface area contributed by atoms with Crippen LogP contribution >= 0.6 is 0 Å². The maximum Gasteiger partial charge on any atom is 0.269 e. The molecule has 1 aliphatic heterocycles. The van der Waals surface area contributed by atoms with Gasteiger partial charge in [-0.2, -0.15) is 0 Å². The summed E-state index contributed by atoms with van der Waals surface area (Å²) in [6.45, 7) is 3.51. The molecule has 0 aliphatic carbocycles. The Morgan fingerprint density at radius 2 is 1.64 bits per heavy atom. The molecule has 0 N–H and O–H groups in total. The van der Waals surface area contributed by atoms with Gasteiger partial charge in [0.2, 0.25) is 0 Å². The fourth-order valence-corrected chi connectivity index (χ4v) is 3.25. The summed E-state index contributed by atoms with van der Waals surface area (Å²) in [7, 11) is 3.23. The van der Waals surface area contributed by atoms with Gasteiger partial charge in [0.05, 0.1) is 19.1 Å². The van der Waals surface area contributed by atoms with Gasteiger partial charge in [0, 0.05) is 50.4 Å². The minimum Gasteiger partial charge on any atom is -0.493 e. The molecule has 2 aromatic carbocycles. The van der Waals surface area contributed by atoms with Crippen LogP contribution in [0.5, 0.6) is 11.5 Å². The number of piperazine rings is 1. The Morgan fingerprint density at radius 3 is 2.21 bits per heavy atom. The summed E-state index contributed by atoms with van der Waals surface area (Å²) in [5.74, 6) is 1.30. The molecule has 0 spiro atoms. The van der Waals surface area contributed by atoms with Crippen LogP contribution in [0.3, 0.4) is 0 Å². The second-order valence-electron chi connectivity index (χ2n) is 6.56. The zero-order valence-electron chi connectivity index (χ0n) is 16.0. The maximum absolute atomic E-state index is 12.6. The van der Waals surface area contributed by atoms with Gasteiger partial charge in [-0.3, -0.25) is 19.8 Å². The summed E-state index contributed by atoms with van der Waals surface area (Å²) in [6, 6.07) is 11.6. The first-order valence-corrected chi connectivity index (χ1v) is 8.99. The Bertz CT molecular complexity index is 845. The molecule has 1 heterocycles. The number of carbonyl (C=O) groups excluding carboxylic acids is 1. The van der Waals surface area contributed by atoms with Gasteiger partial charge in [-0.15, -0.1) is 0 Å². The fraction of sp³-hybridized carbons (Fsp3) is 0.350. The van der Waals surface area contributed by atoms with Crippen molar-refractivity contribution in [1.82, 2.24) is 9.80 Å². The number of benzene rings is 2. The molecular weight excluding hydrogens is 362 g/mol. The Balaban J connectivity index is 1.57. The number of methoxy groups -OCH3 is 2. The summed E-state index contributed by atoms with van der Waals surface area (Å²) in [4.78, 5) is 26.9. The lowest BCUT2D eigenvalue weighted by molar-refractivity contribution is -0.384. The zero-order valence-corrected chi connectivity index (χ0v) is 16.0. The third-order valence-electron chi connectivity index (χ3n) is 4.84. The van der Waals surface area contributed by atoms with Crippen molar-refractivity contribution < 1.29 is 19.2 Å². The Morgan fingerprint density at radius 1 is 1.00 bits per heavy atom. The molecule has 0 unspecified atom stereocenters. The highest BCUT2D eigenvalue weighted by Gasteiger charge is 2.23. The molecular formula is C20H23N3O5. The zero-order chi connectivity index (χ0) is 20.1. The minimum atomic E-state index is -0.471. The highest BCUT2D eigenvalue weighted by atomic mass is 16.6. The van der Waals surface area contributed by atoms with Gasteiger partial charge in [-0.05, 0) is 29.8 Å². The van der Waals surface area contributed by atoms with Gasteiger partial charge in [0.15, 0.2) is 11.5 Å². The van der Waals surface area contributed by atoms with E-state index in [0.29, 0.717) is 30.2 Å². The van der Waals surface area contributed by atoms with Crippen LogP contribution in [0.4, 0.5) is 5.69 Å². The monoisotopic (exact) mass is 385 g/mol. The van der Waals surface area contributed by atoms with Crippen LogP contribution in [0, 0.1) is 10.1 Å². The van der Waals surface area contributed by atoms with Crippen molar-refractivity contribution in [2.24, 2.45) is 0 Å². The van der Waals surface area contributed by atoms with E-state index in [-0.39, 0.29) is 11.6 Å². The normalized spacial score (nSPS) is 14.6. The van der Waals surface area contributed by atoms with Crippen molar-refractivity contribution >= 4 is 11.6 Å². The number of hydrogen-bond acceptors (Lipinski definition) is 6. The predicted octanol–water partition coefficient (Wildman–Crippen LogP) is 2.57. The van der Waals surface area contributed by atoms with Crippen molar-refractivity contribution in [2.45, 2.75) is 6.54 Å². The van der Waals surface area contributed by atoms with Crippen molar-refractivity contribution in [1.29, 1.82) is 0 Å². The molecule has 1 amide bonds. The molecule has 28 heavy (non-hydrogen) atoms. The minimum absolute atomic E-state index is 0.0173. The lowest BCUT2D eigenvalue weighted by atomic mass is 10.1. The van der Waals surface area contributed by atoms with Crippen LogP contribution in [0.1, 0.15) is 15.9 Å². The summed E-state index contributed by atoms with van der Waals surface area (Å²) in [6.07, 6.45) is 0. The molecule has 0 saturated carbocycles. The van der Waals surface area contributed by atoms with Gasteiger partial charge in [0.1, 0.15) is 0 Å². The van der Waals surface area contributed by atoms with Gasteiger partial charge < -0.3 is 14.4 Å². The van der Waals surface area contributed by atoms with E-state index < -0.39 is 4.92 Å². The highest BCUT2D eigenvalue weighted by molar-refractivity contribution is 5.94. The number of ether oxygens (including phenoxy) is 2. The quantitative estimate of drug-likeness (QED) is 0.561. The van der Waals surface area contributed by atoms with Gasteiger partial charge in [0.25, 0.3) is 11.6 Å². The van der Waals surface area contributed by atoms with E-state index >= 15 is 0 Å². The molecule has 0 atom stereocenters. The fourth-order valence-electron chi connectivity index (χ4n) is 3.25. The van der Waals surface area contributed by atoms with Gasteiger partial charge >= 0.3 is 0 Å². The Labute approximate surface area is 163 Å². The van der Waals surface area contributed by atoms with E-state index in [1.807, 2.05) is 18.2 Å². The molecule has 0 radical (unpaired) electrons. The molecule has 2 aromatic rings. The molecule has 1 fully saturated rings. The number of nitro groups is 1. The standard InChI is InChI=1S/C20H23N3O5/c1-27-18-8-3-15(13-19(18)28-2)14-21-9-11-22(12-10-21)20(24)16-4-6-17(7-5-16)23(25)26/h3-8,13H,9-12,14H2,1-2H3. The van der Waals surface area contributed by atoms with E-state index in [9.17, 15) is 14.9 Å². The molecule has 8 nitrogen and oxygen atoms in total. The molecule has 0 bridgehead atoms. The highest BCUT2D eigenvalue weighted by Crippen LogP contribution is 2.28. The van der Waals surface area contributed by atoms with Gasteiger partial charge in [-0.1, -0.05) is 6.07 Å². The number of rotatable bonds is 6. The first-order valence-electron chi connectivity index (χ1n) is 8.99. The first-order chi connectivity index (χ1) is 13.5. The van der Waals surface area contributed by atoms with E-state index in [0.717, 1.165) is 25.2 Å². The number of amides is 1. The lowest BCUT2D eigenvalue weighted by Crippen LogP contribution is -2.48. The van der Waals surface area contributed by atoms with Crippen molar-refractivity contribution in [3.8, 4) is 11.5 Å². The smallest absolute Gasteiger partial charge is 0.269 e. The van der Waals surface area contributed by atoms with Crippen LogP contribution in [0.25, 0.3) is 0 Å². The van der Waals surface area contributed by atoms with Gasteiger partial charge in [-0.25, -0.2) is 0 Å². The van der Waals surface area contributed by atoms with Crippen LogP contribution in [-0.2, 0) is 6.54 Å². The second kappa shape index (κ2) is 8.71. The van der Waals surface area contributed by atoms with Crippen molar-refractivity contribution in [2.75, 3.05) is 40.4 Å². The number of non-ortho nitro benzene ring substituents is 1. The summed E-state index contributed by atoms with van der Waals surface area (Å²) < 4.78 is 10.6. The summed E-state index contributed by atoms with van der Waals surface area (Å²) in [5, 5.41) is 10.7. The summed E-state index contributed by atoms with van der Waals surface area (Å²) in [5.41, 5.74) is 1.57. The Kier molecular flexibility index (Phi) is 6.10. The molecule has 8 heteroatoms. The van der Waals surface area contributed by atoms with E-state index in [1.54, 1.807) is 19.1 Å². The summed E-state index contributed by atoms with van der Waals surface area (Å²) >= 11 is 0. The average molecular weight is 385 g/mol. The molecule has 1 aliphatic rings. The van der Waals surface area contributed by atoms with Crippen LogP contribution in [0.2, 0.25) is 0 Å². The number of nitrogens with zero attached hydrogens (tertiary/aromatic N) is 3. The molecule has 1 saturated heterocycles. The van der Waals surface area contributed by atoms with Crippen LogP contribution in [-0.4, -0.2) is 61.0 Å². The molecule has 0 aromatic heterocycles. The van der Waals surface area contributed by atoms with E-state index in [2.05, 4.69) is 4.90 Å². The third kappa shape index (κ3) is 4.40. The van der Waals surface area contributed by atoms with Crippen molar-refractivity contribution in [3.63, 3.8) is 0 Å². The van der Waals surface area contributed by atoms with Crippen LogP contribution < -0.4 is 9.47 Å². The van der Waals surface area contributed by atoms with E-state index in [1.165, 1.54) is 24.3 Å². The third-order valence-corrected chi connectivity index (χ3v) is 4.84. The first kappa shape index (κ1) is 19.6. The van der Waals surface area contributed by atoms with Crippen molar-refractivity contribution in [3.05, 3.63) is 63.7 Å². The maximum atomic E-state index is 12.6. The van der Waals surface area contributed by atoms with E-state index in [4.69, 9.17) is 9.47 Å². The number of hydrogen-bond donors (Lipinski definition) is 0. The SMILES string of the molecule is COc1ccc(CN2CCN(C(=O)c3ccc([N+](=O)[O-])cc3)CC2)cc1OC. The molecule has 3 rings (SSSR count). The largest absolute Gasteiger partial charge is 0.493 e. The lowest BCUT2D eigenvalue weighted by Gasteiger charge is -2.34. The average Bonchev–Trinajstić information content (AvgIpc) is 2.73. The number of nitro benzene ring substituents is 1. The topological polar surface area (TPSA) is 85.2 Å².